The molecule has 2 nitrogen and oxygen atoms in total. The van der Waals surface area contributed by atoms with Crippen LogP contribution in [0.2, 0.25) is 5.02 Å². The average Bonchev–Trinajstić information content (AvgIpc) is 2.47. The van der Waals surface area contributed by atoms with Crippen LogP contribution >= 0.6 is 27.5 Å². The van der Waals surface area contributed by atoms with Gasteiger partial charge in [0.2, 0.25) is 0 Å². The minimum absolute atomic E-state index is 0.222. The van der Waals surface area contributed by atoms with Gasteiger partial charge in [0.1, 0.15) is 5.75 Å². The number of halogens is 2. The van der Waals surface area contributed by atoms with Gasteiger partial charge in [0.15, 0.2) is 0 Å². The fourth-order valence-corrected chi connectivity index (χ4v) is 3.05. The van der Waals surface area contributed by atoms with Crippen LogP contribution in [-0.2, 0) is 0 Å². The minimum Gasteiger partial charge on any atom is -0.496 e. The Hall–Kier alpha value is -1.03. The van der Waals surface area contributed by atoms with Gasteiger partial charge in [0, 0.05) is 17.1 Å². The molecule has 0 aliphatic rings. The SMILES string of the molecule is COc1ccc(C(C)N[C@@H](C)c2cccc(Cl)c2)cc1Br. The van der Waals surface area contributed by atoms with Crippen molar-refractivity contribution >= 4 is 27.5 Å². The minimum atomic E-state index is 0.222. The highest BCUT2D eigenvalue weighted by atomic mass is 79.9. The lowest BCUT2D eigenvalue weighted by Gasteiger charge is -2.21. The van der Waals surface area contributed by atoms with E-state index in [0.29, 0.717) is 0 Å². The Kier molecular flexibility index (Phi) is 5.68. The predicted octanol–water partition coefficient (Wildman–Crippen LogP) is 5.52. The quantitative estimate of drug-likeness (QED) is 0.750. The van der Waals surface area contributed by atoms with Crippen molar-refractivity contribution < 1.29 is 4.74 Å². The van der Waals surface area contributed by atoms with Crippen LogP contribution in [0.4, 0.5) is 0 Å². The highest BCUT2D eigenvalue weighted by Crippen LogP contribution is 2.29. The zero-order valence-electron chi connectivity index (χ0n) is 12.4. The molecule has 1 N–H and O–H groups in total. The molecule has 0 heterocycles. The Morgan fingerprint density at radius 1 is 1.05 bits per heavy atom. The second kappa shape index (κ2) is 7.30. The van der Waals surface area contributed by atoms with Gasteiger partial charge in [-0.25, -0.2) is 0 Å². The molecule has 0 aliphatic heterocycles. The molecule has 0 spiro atoms. The fourth-order valence-electron chi connectivity index (χ4n) is 2.30. The Morgan fingerprint density at radius 3 is 2.29 bits per heavy atom. The summed E-state index contributed by atoms with van der Waals surface area (Å²) in [6.45, 7) is 4.29. The molecule has 4 heteroatoms. The van der Waals surface area contributed by atoms with Crippen molar-refractivity contribution in [3.8, 4) is 5.75 Å². The second-order valence-electron chi connectivity index (χ2n) is 5.06. The van der Waals surface area contributed by atoms with E-state index in [1.165, 1.54) is 11.1 Å². The van der Waals surface area contributed by atoms with Crippen LogP contribution in [0.3, 0.4) is 0 Å². The van der Waals surface area contributed by atoms with Gasteiger partial charge in [-0.05, 0) is 65.2 Å². The second-order valence-corrected chi connectivity index (χ2v) is 6.35. The van der Waals surface area contributed by atoms with Crippen LogP contribution in [0, 0.1) is 0 Å². The Balaban J connectivity index is 2.10. The van der Waals surface area contributed by atoms with Crippen molar-refractivity contribution in [2.75, 3.05) is 7.11 Å². The maximum Gasteiger partial charge on any atom is 0.133 e. The summed E-state index contributed by atoms with van der Waals surface area (Å²) < 4.78 is 6.23. The van der Waals surface area contributed by atoms with Crippen LogP contribution in [0.5, 0.6) is 5.75 Å². The molecule has 0 aliphatic carbocycles. The van der Waals surface area contributed by atoms with Gasteiger partial charge < -0.3 is 10.1 Å². The highest BCUT2D eigenvalue weighted by Gasteiger charge is 2.13. The molecular formula is C17H19BrClNO. The van der Waals surface area contributed by atoms with Crippen molar-refractivity contribution in [1.82, 2.24) is 5.32 Å². The summed E-state index contributed by atoms with van der Waals surface area (Å²) in [5.74, 6) is 0.842. The third-order valence-corrected chi connectivity index (χ3v) is 4.38. The van der Waals surface area contributed by atoms with Crippen molar-refractivity contribution in [3.63, 3.8) is 0 Å². The number of rotatable bonds is 5. The zero-order valence-corrected chi connectivity index (χ0v) is 14.7. The highest BCUT2D eigenvalue weighted by molar-refractivity contribution is 9.10. The molecule has 0 fully saturated rings. The Labute approximate surface area is 139 Å². The van der Waals surface area contributed by atoms with Crippen molar-refractivity contribution in [2.24, 2.45) is 0 Å². The van der Waals surface area contributed by atoms with Crippen LogP contribution in [0.25, 0.3) is 0 Å². The normalized spacial score (nSPS) is 13.8. The summed E-state index contributed by atoms with van der Waals surface area (Å²) >= 11 is 9.57. The van der Waals surface area contributed by atoms with Gasteiger partial charge in [-0.1, -0.05) is 29.8 Å². The van der Waals surface area contributed by atoms with E-state index < -0.39 is 0 Å². The molecule has 2 atom stereocenters. The van der Waals surface area contributed by atoms with Crippen LogP contribution in [0.15, 0.2) is 46.9 Å². The summed E-state index contributed by atoms with van der Waals surface area (Å²) in [6.07, 6.45) is 0. The topological polar surface area (TPSA) is 21.3 Å². The van der Waals surface area contributed by atoms with Crippen LogP contribution in [0.1, 0.15) is 37.1 Å². The molecule has 0 aromatic heterocycles. The van der Waals surface area contributed by atoms with E-state index in [4.69, 9.17) is 16.3 Å². The summed E-state index contributed by atoms with van der Waals surface area (Å²) in [7, 11) is 1.67. The van der Waals surface area contributed by atoms with Crippen molar-refractivity contribution in [3.05, 3.63) is 63.1 Å². The average molecular weight is 369 g/mol. The van der Waals surface area contributed by atoms with Gasteiger partial charge >= 0.3 is 0 Å². The summed E-state index contributed by atoms with van der Waals surface area (Å²) in [4.78, 5) is 0. The molecule has 0 amide bonds. The maximum absolute atomic E-state index is 6.05. The fraction of sp³-hybridized carbons (Fsp3) is 0.294. The first-order chi connectivity index (χ1) is 10.0. The molecule has 0 bridgehead atoms. The lowest BCUT2D eigenvalue weighted by molar-refractivity contribution is 0.411. The Bertz CT molecular complexity index is 617. The smallest absolute Gasteiger partial charge is 0.133 e. The molecule has 2 aromatic rings. The molecule has 1 unspecified atom stereocenters. The van der Waals surface area contributed by atoms with E-state index >= 15 is 0 Å². The number of hydrogen-bond acceptors (Lipinski definition) is 2. The number of hydrogen-bond donors (Lipinski definition) is 1. The molecule has 21 heavy (non-hydrogen) atoms. The standard InChI is InChI=1S/C17H19BrClNO/c1-11(13-5-4-6-15(19)9-13)20-12(2)14-7-8-17(21-3)16(18)10-14/h4-12,20H,1-3H3/t11-,12?/m0/s1. The Morgan fingerprint density at radius 2 is 1.71 bits per heavy atom. The predicted molar refractivity (Wildman–Crippen MR) is 92.1 cm³/mol. The van der Waals surface area contributed by atoms with Crippen LogP contribution < -0.4 is 10.1 Å². The van der Waals surface area contributed by atoms with Gasteiger partial charge in [-0.2, -0.15) is 0 Å². The maximum atomic E-state index is 6.05. The van der Waals surface area contributed by atoms with E-state index in [9.17, 15) is 0 Å². The largest absolute Gasteiger partial charge is 0.496 e. The molecule has 0 saturated carbocycles. The molecule has 2 aromatic carbocycles. The summed E-state index contributed by atoms with van der Waals surface area (Å²) in [5, 5.41) is 4.35. The lowest BCUT2D eigenvalue weighted by atomic mass is 10.0. The third-order valence-electron chi connectivity index (χ3n) is 3.52. The van der Waals surface area contributed by atoms with Gasteiger partial charge in [-0.15, -0.1) is 0 Å². The molecule has 2 rings (SSSR count). The monoisotopic (exact) mass is 367 g/mol. The number of methoxy groups -OCH3 is 1. The number of ether oxygens (including phenoxy) is 1. The molecular weight excluding hydrogens is 350 g/mol. The molecule has 0 saturated heterocycles. The zero-order chi connectivity index (χ0) is 15.4. The first-order valence-electron chi connectivity index (χ1n) is 6.86. The molecule has 0 radical (unpaired) electrons. The van der Waals surface area contributed by atoms with Gasteiger partial charge in [0.25, 0.3) is 0 Å². The van der Waals surface area contributed by atoms with Crippen LogP contribution in [-0.4, -0.2) is 7.11 Å². The molecule has 112 valence electrons. The van der Waals surface area contributed by atoms with Gasteiger partial charge in [0.05, 0.1) is 11.6 Å². The van der Waals surface area contributed by atoms with E-state index in [0.717, 1.165) is 15.2 Å². The summed E-state index contributed by atoms with van der Waals surface area (Å²) in [6, 6.07) is 14.5. The van der Waals surface area contributed by atoms with E-state index in [2.05, 4.69) is 53.3 Å². The van der Waals surface area contributed by atoms with Crippen molar-refractivity contribution in [1.29, 1.82) is 0 Å². The van der Waals surface area contributed by atoms with E-state index in [-0.39, 0.29) is 12.1 Å². The first-order valence-corrected chi connectivity index (χ1v) is 8.03. The summed E-state index contributed by atoms with van der Waals surface area (Å²) in [5.41, 5.74) is 2.39. The third kappa shape index (κ3) is 4.22. The van der Waals surface area contributed by atoms with Gasteiger partial charge in [-0.3, -0.25) is 0 Å². The lowest BCUT2D eigenvalue weighted by Crippen LogP contribution is -2.22. The first kappa shape index (κ1) is 16.3. The number of benzene rings is 2. The van der Waals surface area contributed by atoms with Crippen molar-refractivity contribution in [2.45, 2.75) is 25.9 Å². The van der Waals surface area contributed by atoms with E-state index in [1.54, 1.807) is 7.11 Å². The number of nitrogens with one attached hydrogen (secondary N) is 1. The van der Waals surface area contributed by atoms with E-state index in [1.807, 2.05) is 24.3 Å².